The highest BCUT2D eigenvalue weighted by atomic mass is 16.3. The smallest absolute Gasteiger partial charge is 0.314 e. The van der Waals surface area contributed by atoms with Crippen LogP contribution in [0.5, 0.6) is 0 Å². The average Bonchev–Trinajstić information content (AvgIpc) is 2.69. The Morgan fingerprint density at radius 2 is 1.94 bits per heavy atom. The highest BCUT2D eigenvalue weighted by Gasteiger charge is 2.31. The summed E-state index contributed by atoms with van der Waals surface area (Å²) < 4.78 is 0. The summed E-state index contributed by atoms with van der Waals surface area (Å²) >= 11 is 0. The fourth-order valence-electron chi connectivity index (χ4n) is 2.23. The minimum absolute atomic E-state index is 0.158. The van der Waals surface area contributed by atoms with Crippen LogP contribution in [-0.2, 0) is 0 Å². The van der Waals surface area contributed by atoms with Crippen molar-refractivity contribution in [2.75, 3.05) is 13.1 Å². The topological polar surface area (TPSA) is 61.4 Å². The Kier molecular flexibility index (Phi) is 5.75. The summed E-state index contributed by atoms with van der Waals surface area (Å²) in [5, 5.41) is 15.6. The van der Waals surface area contributed by atoms with Gasteiger partial charge in [0.05, 0.1) is 5.60 Å². The van der Waals surface area contributed by atoms with Crippen molar-refractivity contribution in [3.8, 4) is 0 Å². The second-order valence-electron chi connectivity index (χ2n) is 5.58. The fraction of sp³-hybridized carbons (Fsp3) is 0.923. The van der Waals surface area contributed by atoms with Gasteiger partial charge >= 0.3 is 6.03 Å². The molecule has 0 heterocycles. The van der Waals surface area contributed by atoms with E-state index in [0.717, 1.165) is 38.5 Å². The van der Waals surface area contributed by atoms with E-state index in [-0.39, 0.29) is 6.03 Å². The van der Waals surface area contributed by atoms with Gasteiger partial charge in [-0.25, -0.2) is 4.79 Å². The molecule has 0 radical (unpaired) electrons. The minimum atomic E-state index is -0.657. The number of urea groups is 1. The number of hydrogen-bond donors (Lipinski definition) is 3. The van der Waals surface area contributed by atoms with Crippen molar-refractivity contribution >= 4 is 6.03 Å². The predicted octanol–water partition coefficient (Wildman–Crippen LogP) is 2.03. The first kappa shape index (κ1) is 14.3. The molecule has 0 bridgehead atoms. The van der Waals surface area contributed by atoms with E-state index in [1.807, 2.05) is 0 Å². The summed E-state index contributed by atoms with van der Waals surface area (Å²) in [7, 11) is 0. The molecule has 0 saturated heterocycles. The monoisotopic (exact) mass is 242 g/mol. The van der Waals surface area contributed by atoms with Gasteiger partial charge in [0, 0.05) is 13.1 Å². The molecule has 0 aliphatic heterocycles. The fourth-order valence-corrected chi connectivity index (χ4v) is 2.23. The van der Waals surface area contributed by atoms with Crippen LogP contribution in [0.15, 0.2) is 0 Å². The van der Waals surface area contributed by atoms with E-state index in [4.69, 9.17) is 0 Å². The molecule has 0 spiro atoms. The van der Waals surface area contributed by atoms with Crippen molar-refractivity contribution in [3.63, 3.8) is 0 Å². The standard InChI is InChI=1S/C13H26N2O2/c1-11(2)6-5-9-14-12(16)15-10-13(17)7-3-4-8-13/h11,17H,3-10H2,1-2H3,(H2,14,15,16). The summed E-state index contributed by atoms with van der Waals surface area (Å²) in [6.45, 7) is 5.44. The molecule has 0 unspecified atom stereocenters. The predicted molar refractivity (Wildman–Crippen MR) is 68.9 cm³/mol. The quantitative estimate of drug-likeness (QED) is 0.624. The molecule has 4 heteroatoms. The number of nitrogens with one attached hydrogen (secondary N) is 2. The van der Waals surface area contributed by atoms with Gasteiger partial charge in [0.2, 0.25) is 0 Å². The third-order valence-corrected chi connectivity index (χ3v) is 3.36. The lowest BCUT2D eigenvalue weighted by Crippen LogP contribution is -2.45. The van der Waals surface area contributed by atoms with Crippen molar-refractivity contribution in [3.05, 3.63) is 0 Å². The Balaban J connectivity index is 2.05. The second-order valence-corrected chi connectivity index (χ2v) is 5.58. The maximum Gasteiger partial charge on any atom is 0.314 e. The van der Waals surface area contributed by atoms with E-state index in [1.54, 1.807) is 0 Å². The van der Waals surface area contributed by atoms with Gasteiger partial charge in [0.15, 0.2) is 0 Å². The zero-order valence-corrected chi connectivity index (χ0v) is 11.1. The number of carbonyl (C=O) groups is 1. The minimum Gasteiger partial charge on any atom is -0.388 e. The Hall–Kier alpha value is -0.770. The summed E-state index contributed by atoms with van der Waals surface area (Å²) in [6, 6.07) is -0.158. The van der Waals surface area contributed by atoms with Crippen molar-refractivity contribution in [2.45, 2.75) is 58.0 Å². The number of aliphatic hydroxyl groups is 1. The Morgan fingerprint density at radius 1 is 1.29 bits per heavy atom. The summed E-state index contributed by atoms with van der Waals surface area (Å²) in [5.41, 5.74) is -0.657. The maximum atomic E-state index is 11.5. The van der Waals surface area contributed by atoms with Gasteiger partial charge in [-0.15, -0.1) is 0 Å². The van der Waals surface area contributed by atoms with Crippen molar-refractivity contribution in [1.29, 1.82) is 0 Å². The first-order valence-electron chi connectivity index (χ1n) is 6.76. The SMILES string of the molecule is CC(C)CCCNC(=O)NCC1(O)CCCC1. The molecular weight excluding hydrogens is 216 g/mol. The van der Waals surface area contributed by atoms with Crippen molar-refractivity contribution in [2.24, 2.45) is 5.92 Å². The zero-order chi connectivity index (χ0) is 12.7. The van der Waals surface area contributed by atoms with Crippen molar-refractivity contribution < 1.29 is 9.90 Å². The molecule has 4 nitrogen and oxygen atoms in total. The molecule has 0 atom stereocenters. The van der Waals surface area contributed by atoms with E-state index < -0.39 is 5.60 Å². The van der Waals surface area contributed by atoms with Crippen LogP contribution >= 0.6 is 0 Å². The number of carbonyl (C=O) groups excluding carboxylic acids is 1. The molecule has 3 N–H and O–H groups in total. The molecule has 1 rings (SSSR count). The van der Waals surface area contributed by atoms with E-state index in [2.05, 4.69) is 24.5 Å². The molecule has 1 saturated carbocycles. The molecule has 1 aliphatic carbocycles. The van der Waals surface area contributed by atoms with Crippen LogP contribution in [0.2, 0.25) is 0 Å². The van der Waals surface area contributed by atoms with Crippen LogP contribution in [0, 0.1) is 5.92 Å². The molecule has 0 aromatic carbocycles. The molecule has 0 aromatic rings. The molecular formula is C13H26N2O2. The third-order valence-electron chi connectivity index (χ3n) is 3.36. The van der Waals surface area contributed by atoms with Gasteiger partial charge < -0.3 is 15.7 Å². The van der Waals surface area contributed by atoms with Crippen molar-refractivity contribution in [1.82, 2.24) is 10.6 Å². The Bertz CT molecular complexity index is 236. The van der Waals surface area contributed by atoms with E-state index >= 15 is 0 Å². The second kappa shape index (κ2) is 6.84. The van der Waals surface area contributed by atoms with E-state index in [9.17, 15) is 9.90 Å². The molecule has 1 aliphatic rings. The molecule has 17 heavy (non-hydrogen) atoms. The Labute approximate surface area is 104 Å². The molecule has 2 amide bonds. The number of rotatable bonds is 6. The van der Waals surface area contributed by atoms with Crippen LogP contribution in [0.3, 0.4) is 0 Å². The van der Waals surface area contributed by atoms with E-state index in [0.29, 0.717) is 19.0 Å². The number of amides is 2. The summed E-state index contributed by atoms with van der Waals surface area (Å²) in [4.78, 5) is 11.5. The average molecular weight is 242 g/mol. The summed E-state index contributed by atoms with van der Waals surface area (Å²) in [6.07, 6.45) is 5.88. The van der Waals surface area contributed by atoms with Gasteiger partial charge in [0.25, 0.3) is 0 Å². The number of hydrogen-bond acceptors (Lipinski definition) is 2. The largest absolute Gasteiger partial charge is 0.388 e. The van der Waals surface area contributed by atoms with Crippen LogP contribution in [-0.4, -0.2) is 29.8 Å². The Morgan fingerprint density at radius 3 is 2.53 bits per heavy atom. The van der Waals surface area contributed by atoms with Gasteiger partial charge in [-0.2, -0.15) is 0 Å². The van der Waals surface area contributed by atoms with Crippen LogP contribution in [0.1, 0.15) is 52.4 Å². The maximum absolute atomic E-state index is 11.5. The van der Waals surface area contributed by atoms with Crippen LogP contribution in [0.25, 0.3) is 0 Å². The lowest BCUT2D eigenvalue weighted by Gasteiger charge is -2.22. The lowest BCUT2D eigenvalue weighted by molar-refractivity contribution is 0.0501. The van der Waals surface area contributed by atoms with Gasteiger partial charge in [-0.05, 0) is 31.6 Å². The summed E-state index contributed by atoms with van der Waals surface area (Å²) in [5.74, 6) is 0.680. The third kappa shape index (κ3) is 5.91. The van der Waals surface area contributed by atoms with Crippen LogP contribution < -0.4 is 10.6 Å². The highest BCUT2D eigenvalue weighted by Crippen LogP contribution is 2.28. The normalized spacial score (nSPS) is 18.4. The van der Waals surface area contributed by atoms with Gasteiger partial charge in [-0.3, -0.25) is 0 Å². The molecule has 100 valence electrons. The van der Waals surface area contributed by atoms with Gasteiger partial charge in [0.1, 0.15) is 0 Å². The molecule has 0 aromatic heterocycles. The van der Waals surface area contributed by atoms with Crippen LogP contribution in [0.4, 0.5) is 4.79 Å². The van der Waals surface area contributed by atoms with E-state index in [1.165, 1.54) is 0 Å². The first-order chi connectivity index (χ1) is 8.02. The highest BCUT2D eigenvalue weighted by molar-refractivity contribution is 5.73. The molecule has 1 fully saturated rings. The first-order valence-corrected chi connectivity index (χ1v) is 6.76. The van der Waals surface area contributed by atoms with Gasteiger partial charge in [-0.1, -0.05) is 26.7 Å². The zero-order valence-electron chi connectivity index (χ0n) is 11.1. The lowest BCUT2D eigenvalue weighted by atomic mass is 10.0.